The van der Waals surface area contributed by atoms with Crippen molar-refractivity contribution in [1.82, 2.24) is 39.0 Å². The van der Waals surface area contributed by atoms with Gasteiger partial charge in [-0.25, -0.2) is 29.9 Å². The van der Waals surface area contributed by atoms with Gasteiger partial charge in [-0.2, -0.15) is 0 Å². The molecule has 4 N–H and O–H groups in total. The average molecular weight is 394 g/mol. The molecule has 0 spiro atoms. The number of imidazole rings is 2. The van der Waals surface area contributed by atoms with Gasteiger partial charge in [0.25, 0.3) is 0 Å². The van der Waals surface area contributed by atoms with Crippen LogP contribution in [-0.2, 0) is 17.5 Å². The predicted molar refractivity (Wildman–Crippen MR) is 112 cm³/mol. The van der Waals surface area contributed by atoms with Crippen molar-refractivity contribution < 1.29 is 0 Å². The second-order valence-electron chi connectivity index (χ2n) is 8.84. The number of aromatic nitrogens is 8. The van der Waals surface area contributed by atoms with Crippen LogP contribution in [-0.4, -0.2) is 39.0 Å². The van der Waals surface area contributed by atoms with E-state index in [-0.39, 0.29) is 11.1 Å². The third kappa shape index (κ3) is 3.24. The van der Waals surface area contributed by atoms with Crippen LogP contribution in [0.15, 0.2) is 19.0 Å². The average Bonchev–Trinajstić information content (AvgIpc) is 3.25. The molecule has 0 aliphatic heterocycles. The summed E-state index contributed by atoms with van der Waals surface area (Å²) in [5.74, 6) is 1.47. The Bertz CT molecular complexity index is 1200. The molecule has 29 heavy (non-hydrogen) atoms. The summed E-state index contributed by atoms with van der Waals surface area (Å²) in [6, 6.07) is 0. The number of nitrogens with two attached hydrogens (primary N) is 2. The lowest BCUT2D eigenvalue weighted by Gasteiger charge is -2.26. The summed E-state index contributed by atoms with van der Waals surface area (Å²) in [6.45, 7) is 10.5. The van der Waals surface area contributed by atoms with Crippen molar-refractivity contribution in [3.63, 3.8) is 0 Å². The largest absolute Gasteiger partial charge is 0.382 e. The lowest BCUT2D eigenvalue weighted by Crippen LogP contribution is -2.27. The van der Waals surface area contributed by atoms with Crippen molar-refractivity contribution in [3.05, 3.63) is 24.8 Å². The smallest absolute Gasteiger partial charge is 0.166 e. The van der Waals surface area contributed by atoms with Gasteiger partial charge in [-0.05, 0) is 41.0 Å². The molecule has 0 aliphatic carbocycles. The summed E-state index contributed by atoms with van der Waals surface area (Å²) in [5.41, 5.74) is 14.4. The molecule has 4 aromatic rings. The van der Waals surface area contributed by atoms with E-state index < -0.39 is 0 Å². The van der Waals surface area contributed by atoms with E-state index >= 15 is 0 Å². The first kappa shape index (κ1) is 19.0. The highest BCUT2D eigenvalue weighted by molar-refractivity contribution is 5.82. The molecule has 10 nitrogen and oxygen atoms in total. The molecular weight excluding hydrogens is 368 g/mol. The minimum absolute atomic E-state index is 0.151. The number of aryl methyl sites for hydroxylation is 1. The van der Waals surface area contributed by atoms with Crippen LogP contribution in [0.2, 0.25) is 0 Å². The van der Waals surface area contributed by atoms with E-state index in [0.29, 0.717) is 40.6 Å². The topological polar surface area (TPSA) is 139 Å². The Balaban J connectivity index is 1.65. The summed E-state index contributed by atoms with van der Waals surface area (Å²) in [6.07, 6.45) is 6.38. The zero-order chi connectivity index (χ0) is 21.0. The van der Waals surface area contributed by atoms with Crippen molar-refractivity contribution in [2.24, 2.45) is 0 Å². The molecule has 0 saturated carbocycles. The Morgan fingerprint density at radius 1 is 0.793 bits per heavy atom. The third-order valence-electron chi connectivity index (χ3n) is 5.17. The molecule has 4 aromatic heterocycles. The van der Waals surface area contributed by atoms with E-state index in [4.69, 9.17) is 16.5 Å². The van der Waals surface area contributed by atoms with Gasteiger partial charge in [-0.1, -0.05) is 0 Å². The lowest BCUT2D eigenvalue weighted by atomic mass is 9.97. The number of anilines is 2. The van der Waals surface area contributed by atoms with Gasteiger partial charge in [0.1, 0.15) is 23.2 Å². The Labute approximate surface area is 168 Å². The SMILES string of the molecule is CC(C)(C)n1cnc2c(N)nc(CCC(C)(C)n3cnc4c(N)ncnc43)nc21. The van der Waals surface area contributed by atoms with Crippen LogP contribution in [0.5, 0.6) is 0 Å². The van der Waals surface area contributed by atoms with E-state index in [1.165, 1.54) is 6.33 Å². The number of nitrogens with zero attached hydrogens (tertiary/aromatic N) is 8. The van der Waals surface area contributed by atoms with Crippen LogP contribution in [0.25, 0.3) is 22.3 Å². The highest BCUT2D eigenvalue weighted by atomic mass is 15.2. The van der Waals surface area contributed by atoms with Crippen LogP contribution in [0.4, 0.5) is 11.6 Å². The highest BCUT2D eigenvalue weighted by Gasteiger charge is 2.25. The molecule has 0 radical (unpaired) electrons. The van der Waals surface area contributed by atoms with Crippen molar-refractivity contribution in [2.45, 2.75) is 58.5 Å². The molecule has 0 unspecified atom stereocenters. The summed E-state index contributed by atoms with van der Waals surface area (Å²) >= 11 is 0. The van der Waals surface area contributed by atoms with Crippen molar-refractivity contribution in [2.75, 3.05) is 11.5 Å². The number of hydrogen-bond acceptors (Lipinski definition) is 8. The predicted octanol–water partition coefficient (Wildman–Crippen LogP) is 2.25. The van der Waals surface area contributed by atoms with E-state index in [1.54, 1.807) is 12.7 Å². The summed E-state index contributed by atoms with van der Waals surface area (Å²) < 4.78 is 4.04. The number of rotatable bonds is 4. The molecule has 10 heteroatoms. The molecule has 0 atom stereocenters. The zero-order valence-corrected chi connectivity index (χ0v) is 17.4. The zero-order valence-electron chi connectivity index (χ0n) is 17.4. The van der Waals surface area contributed by atoms with Crippen molar-refractivity contribution >= 4 is 34.0 Å². The molecule has 0 amide bonds. The Hall–Kier alpha value is -3.30. The maximum absolute atomic E-state index is 6.17. The maximum Gasteiger partial charge on any atom is 0.166 e. The second kappa shape index (κ2) is 6.36. The van der Waals surface area contributed by atoms with Crippen molar-refractivity contribution in [3.8, 4) is 0 Å². The normalized spacial score (nSPS) is 12.9. The van der Waals surface area contributed by atoms with Crippen LogP contribution < -0.4 is 11.5 Å². The first-order chi connectivity index (χ1) is 13.6. The number of nitrogen functional groups attached to an aromatic ring is 2. The van der Waals surface area contributed by atoms with Gasteiger partial charge >= 0.3 is 0 Å². The van der Waals surface area contributed by atoms with Gasteiger partial charge in [-0.15, -0.1) is 0 Å². The molecule has 0 bridgehead atoms. The molecule has 4 rings (SSSR count). The molecular formula is C19H26N10. The van der Waals surface area contributed by atoms with Gasteiger partial charge in [0.2, 0.25) is 0 Å². The fourth-order valence-corrected chi connectivity index (χ4v) is 3.41. The van der Waals surface area contributed by atoms with E-state index in [0.717, 1.165) is 12.1 Å². The first-order valence-electron chi connectivity index (χ1n) is 9.52. The maximum atomic E-state index is 6.17. The molecule has 0 fully saturated rings. The van der Waals surface area contributed by atoms with E-state index in [9.17, 15) is 0 Å². The summed E-state index contributed by atoms with van der Waals surface area (Å²) in [5, 5.41) is 0. The third-order valence-corrected chi connectivity index (χ3v) is 5.17. The van der Waals surface area contributed by atoms with Crippen LogP contribution in [0, 0.1) is 0 Å². The van der Waals surface area contributed by atoms with Crippen LogP contribution in [0.3, 0.4) is 0 Å². The fraction of sp³-hybridized carbons (Fsp3) is 0.474. The minimum Gasteiger partial charge on any atom is -0.382 e. The van der Waals surface area contributed by atoms with Crippen LogP contribution in [0.1, 0.15) is 46.9 Å². The van der Waals surface area contributed by atoms with Gasteiger partial charge < -0.3 is 20.6 Å². The summed E-state index contributed by atoms with van der Waals surface area (Å²) in [7, 11) is 0. The number of hydrogen-bond donors (Lipinski definition) is 2. The highest BCUT2D eigenvalue weighted by Crippen LogP contribution is 2.28. The van der Waals surface area contributed by atoms with E-state index in [1.807, 2.05) is 9.13 Å². The minimum atomic E-state index is -0.285. The Morgan fingerprint density at radius 3 is 2.14 bits per heavy atom. The van der Waals surface area contributed by atoms with Gasteiger partial charge in [0, 0.05) is 17.5 Å². The summed E-state index contributed by atoms with van der Waals surface area (Å²) in [4.78, 5) is 26.4. The molecule has 0 aliphatic rings. The lowest BCUT2D eigenvalue weighted by molar-refractivity contribution is 0.332. The molecule has 4 heterocycles. The van der Waals surface area contributed by atoms with Gasteiger partial charge in [-0.3, -0.25) is 0 Å². The quantitative estimate of drug-likeness (QED) is 0.537. The second-order valence-corrected chi connectivity index (χ2v) is 8.84. The standard InChI is InChI=1S/C19H26N10/c1-18(2,3)28-9-24-13-15(21)26-11(27-17(13)28)6-7-19(4,5)29-10-25-12-14(20)22-8-23-16(12)29/h8-10H,6-7H2,1-5H3,(H2,20,22,23)(H2,21,26,27). The van der Waals surface area contributed by atoms with Crippen molar-refractivity contribution in [1.29, 1.82) is 0 Å². The number of fused-ring (bicyclic) bond motifs is 2. The van der Waals surface area contributed by atoms with Crippen LogP contribution >= 0.6 is 0 Å². The molecule has 152 valence electrons. The monoisotopic (exact) mass is 394 g/mol. The fourth-order valence-electron chi connectivity index (χ4n) is 3.41. The molecule has 0 saturated heterocycles. The van der Waals surface area contributed by atoms with E-state index in [2.05, 4.69) is 59.5 Å². The first-order valence-corrected chi connectivity index (χ1v) is 9.52. The Morgan fingerprint density at radius 2 is 1.45 bits per heavy atom. The van der Waals surface area contributed by atoms with Gasteiger partial charge in [0.15, 0.2) is 22.9 Å². The Kier molecular flexibility index (Phi) is 4.18. The van der Waals surface area contributed by atoms with Gasteiger partial charge in [0.05, 0.1) is 12.7 Å². The molecule has 0 aromatic carbocycles.